The zero-order valence-electron chi connectivity index (χ0n) is 14.8. The number of aromatic nitrogens is 3. The number of amides is 1. The van der Waals surface area contributed by atoms with E-state index >= 15 is 0 Å². The molecule has 5 nitrogen and oxygen atoms in total. The molecule has 0 unspecified atom stereocenters. The monoisotopic (exact) mass is 346 g/mol. The first kappa shape index (κ1) is 17.6. The lowest BCUT2D eigenvalue weighted by atomic mass is 10.1. The van der Waals surface area contributed by atoms with Crippen LogP contribution in [0.15, 0.2) is 60.7 Å². The number of nitrogens with one attached hydrogen (secondary N) is 2. The minimum atomic E-state index is -0.00356. The molecule has 0 aliphatic carbocycles. The molecular weight excluding hydrogens is 324 g/mol. The lowest BCUT2D eigenvalue weighted by Gasteiger charge is -2.01. The Morgan fingerprint density at radius 2 is 1.88 bits per heavy atom. The van der Waals surface area contributed by atoms with Crippen LogP contribution in [-0.4, -0.2) is 27.6 Å². The fourth-order valence-corrected chi connectivity index (χ4v) is 2.50. The molecule has 0 fully saturated rings. The minimum Gasteiger partial charge on any atom is -0.355 e. The van der Waals surface area contributed by atoms with Crippen molar-refractivity contribution in [3.05, 3.63) is 77.6 Å². The first-order valence-corrected chi connectivity index (χ1v) is 8.67. The molecule has 0 saturated heterocycles. The van der Waals surface area contributed by atoms with Gasteiger partial charge in [-0.05, 0) is 12.5 Å². The van der Waals surface area contributed by atoms with E-state index in [0.717, 1.165) is 17.0 Å². The summed E-state index contributed by atoms with van der Waals surface area (Å²) in [4.78, 5) is 16.3. The van der Waals surface area contributed by atoms with Gasteiger partial charge in [0.15, 0.2) is 5.82 Å². The number of hydrogen-bond acceptors (Lipinski definition) is 3. The van der Waals surface area contributed by atoms with Gasteiger partial charge in [-0.3, -0.25) is 9.89 Å². The van der Waals surface area contributed by atoms with Crippen LogP contribution in [0.3, 0.4) is 0 Å². The first-order valence-electron chi connectivity index (χ1n) is 8.67. The van der Waals surface area contributed by atoms with Gasteiger partial charge in [0.05, 0.1) is 0 Å². The number of nitrogens with zero attached hydrogens (tertiary/aromatic N) is 2. The van der Waals surface area contributed by atoms with E-state index in [-0.39, 0.29) is 5.91 Å². The maximum Gasteiger partial charge on any atom is 0.223 e. The summed E-state index contributed by atoms with van der Waals surface area (Å²) in [5.41, 5.74) is 3.29. The zero-order chi connectivity index (χ0) is 18.2. The van der Waals surface area contributed by atoms with Crippen LogP contribution >= 0.6 is 0 Å². The number of benzene rings is 2. The van der Waals surface area contributed by atoms with Gasteiger partial charge in [0.25, 0.3) is 0 Å². The number of hydrogen-bond donors (Lipinski definition) is 2. The molecule has 2 N–H and O–H groups in total. The third-order valence-electron chi connectivity index (χ3n) is 3.94. The summed E-state index contributed by atoms with van der Waals surface area (Å²) >= 11 is 0. The molecule has 0 aliphatic rings. The lowest BCUT2D eigenvalue weighted by Crippen LogP contribution is -2.25. The topological polar surface area (TPSA) is 70.7 Å². The van der Waals surface area contributed by atoms with Gasteiger partial charge < -0.3 is 5.32 Å². The zero-order valence-corrected chi connectivity index (χ0v) is 14.8. The van der Waals surface area contributed by atoms with Crippen molar-refractivity contribution in [2.24, 2.45) is 0 Å². The van der Waals surface area contributed by atoms with Crippen LogP contribution in [0.25, 0.3) is 17.5 Å². The van der Waals surface area contributed by atoms with E-state index < -0.39 is 0 Å². The molecule has 2 aromatic carbocycles. The van der Waals surface area contributed by atoms with E-state index in [9.17, 15) is 4.79 Å². The Morgan fingerprint density at radius 1 is 1.12 bits per heavy atom. The number of H-pyrrole nitrogens is 1. The summed E-state index contributed by atoms with van der Waals surface area (Å²) in [7, 11) is 0. The average molecular weight is 346 g/mol. The summed E-state index contributed by atoms with van der Waals surface area (Å²) in [6.07, 6.45) is 4.82. The molecule has 3 rings (SSSR count). The summed E-state index contributed by atoms with van der Waals surface area (Å²) in [6, 6.07) is 18.0. The van der Waals surface area contributed by atoms with Crippen LogP contribution in [-0.2, 0) is 11.2 Å². The first-order chi connectivity index (χ1) is 12.7. The fraction of sp³-hybridized carbons (Fsp3) is 0.190. The molecule has 5 heteroatoms. The largest absolute Gasteiger partial charge is 0.355 e. The van der Waals surface area contributed by atoms with Crippen molar-refractivity contribution in [3.8, 4) is 11.4 Å². The maximum atomic E-state index is 11.9. The third kappa shape index (κ3) is 5.14. The SMILES string of the molecule is Cc1ccc(/C=C/CC(=O)NCCc2nc(-c3ccccc3)n[nH]2)cc1. The second-order valence-corrected chi connectivity index (χ2v) is 6.09. The van der Waals surface area contributed by atoms with Crippen molar-refractivity contribution < 1.29 is 4.79 Å². The van der Waals surface area contributed by atoms with E-state index in [2.05, 4.69) is 39.6 Å². The highest BCUT2D eigenvalue weighted by atomic mass is 16.1. The molecule has 0 spiro atoms. The highest BCUT2D eigenvalue weighted by Gasteiger charge is 2.05. The highest BCUT2D eigenvalue weighted by Crippen LogP contribution is 2.13. The Hall–Kier alpha value is -3.21. The van der Waals surface area contributed by atoms with Gasteiger partial charge in [-0.1, -0.05) is 72.3 Å². The van der Waals surface area contributed by atoms with E-state index in [1.807, 2.05) is 54.6 Å². The second kappa shape index (κ2) is 8.76. The van der Waals surface area contributed by atoms with Gasteiger partial charge in [0.2, 0.25) is 5.91 Å². The third-order valence-corrected chi connectivity index (χ3v) is 3.94. The molecule has 3 aromatic rings. The van der Waals surface area contributed by atoms with E-state index in [1.54, 1.807) is 0 Å². The molecule has 132 valence electrons. The normalized spacial score (nSPS) is 11.0. The quantitative estimate of drug-likeness (QED) is 0.687. The molecule has 0 atom stereocenters. The van der Waals surface area contributed by atoms with Crippen molar-refractivity contribution in [1.82, 2.24) is 20.5 Å². The predicted molar refractivity (Wildman–Crippen MR) is 103 cm³/mol. The molecular formula is C21H22N4O. The number of carbonyl (C=O) groups is 1. The average Bonchev–Trinajstić information content (AvgIpc) is 3.13. The van der Waals surface area contributed by atoms with Crippen molar-refractivity contribution in [3.63, 3.8) is 0 Å². The maximum absolute atomic E-state index is 11.9. The van der Waals surface area contributed by atoms with Crippen molar-refractivity contribution >= 4 is 12.0 Å². The summed E-state index contributed by atoms with van der Waals surface area (Å²) in [6.45, 7) is 2.58. The van der Waals surface area contributed by atoms with Gasteiger partial charge in [0, 0.05) is 24.9 Å². The standard InChI is InChI=1S/C21H22N4O/c1-16-10-12-17(13-11-16)6-5-9-20(26)22-15-14-19-23-21(25-24-19)18-7-3-2-4-8-18/h2-8,10-13H,9,14-15H2,1H3,(H,22,26)(H,23,24,25)/b6-5+. The molecule has 0 bridgehead atoms. The summed E-state index contributed by atoms with van der Waals surface area (Å²) < 4.78 is 0. The number of aryl methyl sites for hydroxylation is 1. The Morgan fingerprint density at radius 3 is 2.65 bits per heavy atom. The van der Waals surface area contributed by atoms with E-state index in [4.69, 9.17) is 0 Å². The van der Waals surface area contributed by atoms with Crippen LogP contribution in [0.4, 0.5) is 0 Å². The van der Waals surface area contributed by atoms with Crippen molar-refractivity contribution in [2.45, 2.75) is 19.8 Å². The lowest BCUT2D eigenvalue weighted by molar-refractivity contribution is -0.120. The van der Waals surface area contributed by atoms with E-state index in [0.29, 0.717) is 25.2 Å². The van der Waals surface area contributed by atoms with Crippen LogP contribution < -0.4 is 5.32 Å². The second-order valence-electron chi connectivity index (χ2n) is 6.09. The molecule has 1 aromatic heterocycles. The van der Waals surface area contributed by atoms with Crippen LogP contribution in [0.5, 0.6) is 0 Å². The van der Waals surface area contributed by atoms with E-state index in [1.165, 1.54) is 5.56 Å². The predicted octanol–water partition coefficient (Wildman–Crippen LogP) is 3.54. The number of carbonyl (C=O) groups excluding carboxylic acids is 1. The van der Waals surface area contributed by atoms with Gasteiger partial charge >= 0.3 is 0 Å². The van der Waals surface area contributed by atoms with Gasteiger partial charge in [-0.25, -0.2) is 4.98 Å². The molecule has 0 aliphatic heterocycles. The van der Waals surface area contributed by atoms with Crippen LogP contribution in [0.2, 0.25) is 0 Å². The Labute approximate surface area is 153 Å². The Kier molecular flexibility index (Phi) is 5.93. The molecule has 0 saturated carbocycles. The Balaban J connectivity index is 1.41. The van der Waals surface area contributed by atoms with Gasteiger partial charge in [0.1, 0.15) is 5.82 Å². The van der Waals surface area contributed by atoms with Crippen molar-refractivity contribution in [1.29, 1.82) is 0 Å². The molecule has 26 heavy (non-hydrogen) atoms. The Bertz CT molecular complexity index is 867. The van der Waals surface area contributed by atoms with Gasteiger partial charge in [-0.15, -0.1) is 0 Å². The summed E-state index contributed by atoms with van der Waals surface area (Å²) in [5.74, 6) is 1.43. The van der Waals surface area contributed by atoms with Crippen molar-refractivity contribution in [2.75, 3.05) is 6.54 Å². The van der Waals surface area contributed by atoms with Crippen LogP contribution in [0, 0.1) is 6.92 Å². The minimum absolute atomic E-state index is 0.00356. The number of aromatic amines is 1. The highest BCUT2D eigenvalue weighted by molar-refractivity contribution is 5.78. The fourth-order valence-electron chi connectivity index (χ4n) is 2.50. The molecule has 1 heterocycles. The van der Waals surface area contributed by atoms with Crippen LogP contribution in [0.1, 0.15) is 23.4 Å². The smallest absolute Gasteiger partial charge is 0.223 e. The molecule has 1 amide bonds. The summed E-state index contributed by atoms with van der Waals surface area (Å²) in [5, 5.41) is 10.0. The molecule has 0 radical (unpaired) electrons. The number of rotatable bonds is 7. The van der Waals surface area contributed by atoms with Gasteiger partial charge in [-0.2, -0.15) is 5.10 Å².